The summed E-state index contributed by atoms with van der Waals surface area (Å²) >= 11 is 0. The van der Waals surface area contributed by atoms with Gasteiger partial charge in [0.2, 0.25) is 0 Å². The summed E-state index contributed by atoms with van der Waals surface area (Å²) in [5, 5.41) is 0. The van der Waals surface area contributed by atoms with Crippen molar-refractivity contribution in [2.45, 2.75) is 53.5 Å². The molecule has 17 heavy (non-hydrogen) atoms. The van der Waals surface area contributed by atoms with Gasteiger partial charge in [-0.25, -0.2) is 0 Å². The first-order valence-electron chi connectivity index (χ1n) is 7.04. The molecule has 0 radical (unpaired) electrons. The lowest BCUT2D eigenvalue weighted by Gasteiger charge is -2.17. The van der Waals surface area contributed by atoms with Gasteiger partial charge in [0.1, 0.15) is 0 Å². The van der Waals surface area contributed by atoms with Crippen LogP contribution in [-0.4, -0.2) is 18.0 Å². The summed E-state index contributed by atoms with van der Waals surface area (Å²) in [6.45, 7) is 12.2. The summed E-state index contributed by atoms with van der Waals surface area (Å²) in [6.07, 6.45) is 4.08. The van der Waals surface area contributed by atoms with Gasteiger partial charge in [0.15, 0.2) is 0 Å². The van der Waals surface area contributed by atoms with Crippen molar-refractivity contribution in [3.8, 4) is 0 Å². The largest absolute Gasteiger partial charge is 0.300 e. The zero-order valence-electron chi connectivity index (χ0n) is 12.1. The van der Waals surface area contributed by atoms with Crippen LogP contribution in [0, 0.1) is 0 Å². The molecule has 0 heterocycles. The molecule has 1 nitrogen and oxygen atoms in total. The molecule has 0 aliphatic heterocycles. The van der Waals surface area contributed by atoms with Crippen LogP contribution in [0.15, 0.2) is 30.3 Å². The Kier molecular flexibility index (Phi) is 11.1. The third-order valence-corrected chi connectivity index (χ3v) is 2.85. The van der Waals surface area contributed by atoms with Gasteiger partial charge in [0.05, 0.1) is 0 Å². The third kappa shape index (κ3) is 8.93. The zero-order chi connectivity index (χ0) is 12.9. The zero-order valence-corrected chi connectivity index (χ0v) is 12.1. The van der Waals surface area contributed by atoms with Gasteiger partial charge in [-0.15, -0.1) is 0 Å². The topological polar surface area (TPSA) is 3.24 Å². The molecule has 0 N–H and O–H groups in total. The second-order valence-electron chi connectivity index (χ2n) is 4.30. The van der Waals surface area contributed by atoms with Crippen molar-refractivity contribution in [3.63, 3.8) is 0 Å². The molecule has 0 saturated heterocycles. The highest BCUT2D eigenvalue weighted by molar-refractivity contribution is 5.14. The maximum Gasteiger partial charge on any atom is 0.0233 e. The maximum absolute atomic E-state index is 2.41. The minimum absolute atomic E-state index is 1.08. The number of hydrogen-bond donors (Lipinski definition) is 0. The fraction of sp³-hybridized carbons (Fsp3) is 0.625. The van der Waals surface area contributed by atoms with Crippen molar-refractivity contribution in [1.82, 2.24) is 4.90 Å². The van der Waals surface area contributed by atoms with E-state index in [0.29, 0.717) is 0 Å². The molecule has 0 aliphatic carbocycles. The van der Waals surface area contributed by atoms with Crippen LogP contribution in [0.25, 0.3) is 0 Å². The molecule has 0 bridgehead atoms. The van der Waals surface area contributed by atoms with Crippen LogP contribution in [0.4, 0.5) is 0 Å². The monoisotopic (exact) mass is 235 g/mol. The van der Waals surface area contributed by atoms with Crippen LogP contribution in [0.1, 0.15) is 52.5 Å². The highest BCUT2D eigenvalue weighted by atomic mass is 15.1. The molecule has 0 saturated carbocycles. The van der Waals surface area contributed by atoms with Crippen molar-refractivity contribution < 1.29 is 0 Å². The second kappa shape index (κ2) is 11.7. The minimum Gasteiger partial charge on any atom is -0.300 e. The summed E-state index contributed by atoms with van der Waals surface area (Å²) in [4.78, 5) is 2.41. The van der Waals surface area contributed by atoms with Gasteiger partial charge in [-0.1, -0.05) is 77.3 Å². The molecule has 1 heteroatoms. The molecule has 1 rings (SSSR count). The van der Waals surface area contributed by atoms with E-state index in [4.69, 9.17) is 0 Å². The number of nitrogens with zero attached hydrogens (tertiary/aromatic N) is 1. The van der Waals surface area contributed by atoms with Gasteiger partial charge in [-0.05, 0) is 18.7 Å². The lowest BCUT2D eigenvalue weighted by atomic mass is 10.2. The van der Waals surface area contributed by atoms with Crippen molar-refractivity contribution >= 4 is 0 Å². The minimum atomic E-state index is 1.08. The predicted molar refractivity (Wildman–Crippen MR) is 78.3 cm³/mol. The molecule has 0 unspecified atom stereocenters. The van der Waals surface area contributed by atoms with Crippen LogP contribution < -0.4 is 0 Å². The smallest absolute Gasteiger partial charge is 0.0233 e. The summed E-state index contributed by atoms with van der Waals surface area (Å²) in [5.41, 5.74) is 1.40. The van der Waals surface area contributed by atoms with Crippen LogP contribution >= 0.6 is 0 Å². The Balaban J connectivity index is 0.000000437. The third-order valence-electron chi connectivity index (χ3n) is 2.85. The summed E-state index contributed by atoms with van der Waals surface area (Å²) < 4.78 is 0. The summed E-state index contributed by atoms with van der Waals surface area (Å²) in [7, 11) is 0. The Morgan fingerprint density at radius 3 is 1.71 bits per heavy atom. The summed E-state index contributed by atoms with van der Waals surface area (Å²) in [5.74, 6) is 0. The fourth-order valence-electron chi connectivity index (χ4n) is 1.64. The van der Waals surface area contributed by atoms with E-state index in [-0.39, 0.29) is 0 Å². The molecule has 0 aliphatic rings. The molecule has 98 valence electrons. The molecule has 0 fully saturated rings. The Morgan fingerprint density at radius 1 is 0.824 bits per heavy atom. The number of unbranched alkanes of at least 4 members (excludes halogenated alkanes) is 2. The van der Waals surface area contributed by atoms with E-state index in [9.17, 15) is 0 Å². The lowest BCUT2D eigenvalue weighted by Crippen LogP contribution is -2.21. The van der Waals surface area contributed by atoms with Crippen molar-refractivity contribution in [3.05, 3.63) is 35.9 Å². The van der Waals surface area contributed by atoms with Crippen molar-refractivity contribution in [2.24, 2.45) is 0 Å². The molecule has 1 aromatic carbocycles. The van der Waals surface area contributed by atoms with E-state index in [1.807, 2.05) is 0 Å². The average molecular weight is 235 g/mol. The molecule has 0 atom stereocenters. The first-order valence-corrected chi connectivity index (χ1v) is 7.04. The average Bonchev–Trinajstić information content (AvgIpc) is 2.39. The van der Waals surface area contributed by atoms with Crippen LogP contribution in [0.5, 0.6) is 0 Å². The molecule has 0 spiro atoms. The molecule has 0 amide bonds. The van der Waals surface area contributed by atoms with E-state index in [2.05, 4.69) is 62.9 Å². The lowest BCUT2D eigenvalue weighted by molar-refractivity contribution is 0.296. The number of rotatable bonds is 6. The SMILES string of the molecule is CCCCC.CCN(CC)Cc1ccccc1. The second-order valence-corrected chi connectivity index (χ2v) is 4.30. The van der Waals surface area contributed by atoms with Gasteiger partial charge in [0, 0.05) is 6.54 Å². The van der Waals surface area contributed by atoms with E-state index < -0.39 is 0 Å². The molecule has 0 aromatic heterocycles. The van der Waals surface area contributed by atoms with Gasteiger partial charge in [-0.3, -0.25) is 4.90 Å². The van der Waals surface area contributed by atoms with E-state index in [1.165, 1.54) is 24.8 Å². The normalized spacial score (nSPS) is 9.94. The van der Waals surface area contributed by atoms with Gasteiger partial charge in [0.25, 0.3) is 0 Å². The van der Waals surface area contributed by atoms with Crippen molar-refractivity contribution in [1.29, 1.82) is 0 Å². The highest BCUT2D eigenvalue weighted by Gasteiger charge is 1.98. The quantitative estimate of drug-likeness (QED) is 0.689. The molecular formula is C16H29N. The van der Waals surface area contributed by atoms with Crippen molar-refractivity contribution in [2.75, 3.05) is 13.1 Å². The maximum atomic E-state index is 2.41. The summed E-state index contributed by atoms with van der Waals surface area (Å²) in [6, 6.07) is 10.6. The van der Waals surface area contributed by atoms with Gasteiger partial charge in [-0.2, -0.15) is 0 Å². The van der Waals surface area contributed by atoms with Gasteiger partial charge < -0.3 is 0 Å². The van der Waals surface area contributed by atoms with E-state index in [1.54, 1.807) is 0 Å². The highest BCUT2D eigenvalue weighted by Crippen LogP contribution is 2.02. The van der Waals surface area contributed by atoms with Crippen LogP contribution in [0.3, 0.4) is 0 Å². The first-order chi connectivity index (χ1) is 8.28. The van der Waals surface area contributed by atoms with Crippen LogP contribution in [-0.2, 0) is 6.54 Å². The molecule has 1 aromatic rings. The van der Waals surface area contributed by atoms with E-state index in [0.717, 1.165) is 19.6 Å². The Hall–Kier alpha value is -0.820. The number of benzene rings is 1. The predicted octanol–water partition coefficient (Wildman–Crippen LogP) is 4.72. The molecular weight excluding hydrogens is 206 g/mol. The number of hydrogen-bond acceptors (Lipinski definition) is 1. The Labute approximate surface area is 108 Å². The van der Waals surface area contributed by atoms with Crippen LogP contribution in [0.2, 0.25) is 0 Å². The van der Waals surface area contributed by atoms with E-state index >= 15 is 0 Å². The standard InChI is InChI=1S/C11H17N.C5H12/c1-3-12(4-2)10-11-8-6-5-7-9-11;1-3-5-4-2/h5-9H,3-4,10H2,1-2H3;3-5H2,1-2H3. The Bertz CT molecular complexity index is 237. The van der Waals surface area contributed by atoms with Gasteiger partial charge >= 0.3 is 0 Å². The Morgan fingerprint density at radius 2 is 1.35 bits per heavy atom. The fourth-order valence-corrected chi connectivity index (χ4v) is 1.64. The first kappa shape index (κ1) is 16.2.